The molecule has 0 fully saturated rings. The Morgan fingerprint density at radius 2 is 1.80 bits per heavy atom. The predicted octanol–water partition coefficient (Wildman–Crippen LogP) is 5.30. The third-order valence-electron chi connectivity index (χ3n) is 4.44. The molecule has 8 heteroatoms. The average molecular weight is 454 g/mol. The Balaban J connectivity index is 1.44. The molecule has 0 aliphatic carbocycles. The summed E-state index contributed by atoms with van der Waals surface area (Å²) in [5.41, 5.74) is 8.70. The topological polar surface area (TPSA) is 85.1 Å². The van der Waals surface area contributed by atoms with Crippen LogP contribution in [0.1, 0.15) is 20.2 Å². The van der Waals surface area contributed by atoms with Gasteiger partial charge in [0.15, 0.2) is 0 Å². The number of hydrogen-bond acceptors (Lipinski definition) is 6. The number of thiophene rings is 1. The first-order valence-corrected chi connectivity index (χ1v) is 12.0. The number of nitrogens with one attached hydrogen (secondary N) is 1. The largest absolute Gasteiger partial charge is 0.365 e. The minimum absolute atomic E-state index is 0.163. The van der Waals surface area contributed by atoms with Crippen LogP contribution in [0.5, 0.6) is 0 Å². The zero-order chi connectivity index (χ0) is 21.1. The molecule has 5 nitrogen and oxygen atoms in total. The summed E-state index contributed by atoms with van der Waals surface area (Å²) in [7, 11) is 0. The average Bonchev–Trinajstić information content (AvgIpc) is 3.28. The fourth-order valence-electron chi connectivity index (χ4n) is 3.20. The van der Waals surface area contributed by atoms with E-state index in [0.717, 1.165) is 31.2 Å². The first-order valence-electron chi connectivity index (χ1n) is 9.23. The smallest absolute Gasteiger partial charge is 0.252 e. The number of carbonyl (C=O) groups is 2. The van der Waals surface area contributed by atoms with Crippen molar-refractivity contribution in [3.63, 3.8) is 0 Å². The van der Waals surface area contributed by atoms with E-state index in [4.69, 9.17) is 5.73 Å². The zero-order valence-electron chi connectivity index (χ0n) is 16.2. The summed E-state index contributed by atoms with van der Waals surface area (Å²) in [6.45, 7) is 1.93. The molecule has 0 aliphatic rings. The SMILES string of the molecule is Cc1sc(NC(=O)CSCc2nc3ccccc3s2)c(C(N)=O)c1-c1ccccc1. The van der Waals surface area contributed by atoms with Gasteiger partial charge < -0.3 is 11.1 Å². The molecule has 4 rings (SSSR count). The fraction of sp³-hybridized carbons (Fsp3) is 0.136. The zero-order valence-corrected chi connectivity index (χ0v) is 18.6. The van der Waals surface area contributed by atoms with E-state index >= 15 is 0 Å². The molecule has 30 heavy (non-hydrogen) atoms. The minimum atomic E-state index is -0.546. The monoisotopic (exact) mass is 453 g/mol. The highest BCUT2D eigenvalue weighted by Gasteiger charge is 2.22. The Hall–Kier alpha value is -2.68. The Bertz CT molecular complexity index is 1180. The van der Waals surface area contributed by atoms with Gasteiger partial charge in [0.2, 0.25) is 5.91 Å². The Morgan fingerprint density at radius 3 is 2.53 bits per heavy atom. The van der Waals surface area contributed by atoms with Crippen molar-refractivity contribution in [2.45, 2.75) is 12.7 Å². The molecule has 0 aliphatic heterocycles. The molecule has 152 valence electrons. The number of nitrogens with two attached hydrogens (primary N) is 1. The van der Waals surface area contributed by atoms with E-state index in [1.54, 1.807) is 11.3 Å². The van der Waals surface area contributed by atoms with Crippen molar-refractivity contribution in [1.82, 2.24) is 4.98 Å². The maximum atomic E-state index is 12.5. The number of aromatic nitrogens is 1. The molecule has 0 saturated carbocycles. The van der Waals surface area contributed by atoms with Crippen LogP contribution < -0.4 is 11.1 Å². The lowest BCUT2D eigenvalue weighted by Gasteiger charge is -2.07. The van der Waals surface area contributed by atoms with Crippen LogP contribution in [0.4, 0.5) is 5.00 Å². The van der Waals surface area contributed by atoms with Crippen molar-refractivity contribution in [2.24, 2.45) is 5.73 Å². The molecule has 0 unspecified atom stereocenters. The van der Waals surface area contributed by atoms with Crippen LogP contribution in [-0.4, -0.2) is 22.6 Å². The van der Waals surface area contributed by atoms with Crippen LogP contribution in [0.3, 0.4) is 0 Å². The van der Waals surface area contributed by atoms with Crippen molar-refractivity contribution in [1.29, 1.82) is 0 Å². The molecule has 2 aromatic heterocycles. The summed E-state index contributed by atoms with van der Waals surface area (Å²) >= 11 is 4.51. The number of rotatable bonds is 7. The molecule has 2 amide bonds. The highest BCUT2D eigenvalue weighted by Crippen LogP contribution is 2.39. The highest BCUT2D eigenvalue weighted by atomic mass is 32.2. The summed E-state index contributed by atoms with van der Waals surface area (Å²) in [5, 5.41) is 4.37. The predicted molar refractivity (Wildman–Crippen MR) is 127 cm³/mol. The van der Waals surface area contributed by atoms with Gasteiger partial charge in [-0.25, -0.2) is 4.98 Å². The number of aryl methyl sites for hydroxylation is 1. The van der Waals surface area contributed by atoms with Crippen molar-refractivity contribution in [3.8, 4) is 11.1 Å². The number of carbonyl (C=O) groups excluding carboxylic acids is 2. The van der Waals surface area contributed by atoms with E-state index in [-0.39, 0.29) is 11.7 Å². The summed E-state index contributed by atoms with van der Waals surface area (Å²) in [5.74, 6) is 0.222. The second-order valence-electron chi connectivity index (χ2n) is 6.58. The lowest BCUT2D eigenvalue weighted by Crippen LogP contribution is -2.18. The Morgan fingerprint density at radius 1 is 1.07 bits per heavy atom. The van der Waals surface area contributed by atoms with Gasteiger partial charge >= 0.3 is 0 Å². The third-order valence-corrected chi connectivity index (χ3v) is 7.63. The standard InChI is InChI=1S/C22H19N3O2S3/c1-13-19(14-7-3-2-4-8-14)20(21(23)27)22(29-13)25-17(26)11-28-12-18-24-15-9-5-6-10-16(15)30-18/h2-10H,11-12H2,1H3,(H2,23,27)(H,25,26). The molecular formula is C22H19N3O2S3. The van der Waals surface area contributed by atoms with Gasteiger partial charge in [-0.05, 0) is 24.6 Å². The fourth-order valence-corrected chi connectivity index (χ4v) is 6.14. The first-order chi connectivity index (χ1) is 14.5. The molecule has 2 heterocycles. The lowest BCUT2D eigenvalue weighted by molar-refractivity contribution is -0.113. The number of amides is 2. The first kappa shape index (κ1) is 20.6. The second-order valence-corrected chi connectivity index (χ2v) is 9.91. The van der Waals surface area contributed by atoms with Crippen LogP contribution in [0.15, 0.2) is 54.6 Å². The molecule has 0 spiro atoms. The van der Waals surface area contributed by atoms with E-state index < -0.39 is 5.91 Å². The van der Waals surface area contributed by atoms with Crippen LogP contribution in [0, 0.1) is 6.92 Å². The molecule has 4 aromatic rings. The van der Waals surface area contributed by atoms with Gasteiger partial charge in [-0.1, -0.05) is 42.5 Å². The van der Waals surface area contributed by atoms with Gasteiger partial charge in [-0.3, -0.25) is 9.59 Å². The van der Waals surface area contributed by atoms with Crippen LogP contribution in [0.2, 0.25) is 0 Å². The van der Waals surface area contributed by atoms with Crippen molar-refractivity contribution >= 4 is 61.5 Å². The quantitative estimate of drug-likeness (QED) is 0.397. The van der Waals surface area contributed by atoms with Crippen molar-refractivity contribution in [3.05, 3.63) is 70.0 Å². The van der Waals surface area contributed by atoms with Crippen LogP contribution >= 0.6 is 34.4 Å². The summed E-state index contributed by atoms with van der Waals surface area (Å²) in [6, 6.07) is 17.6. The summed E-state index contributed by atoms with van der Waals surface area (Å²) in [4.78, 5) is 30.2. The molecular weight excluding hydrogens is 434 g/mol. The van der Waals surface area contributed by atoms with Gasteiger partial charge in [-0.2, -0.15) is 0 Å². The number of thioether (sulfide) groups is 1. The van der Waals surface area contributed by atoms with Crippen LogP contribution in [-0.2, 0) is 10.5 Å². The van der Waals surface area contributed by atoms with Crippen LogP contribution in [0.25, 0.3) is 21.3 Å². The molecule has 3 N–H and O–H groups in total. The van der Waals surface area contributed by atoms with Crippen molar-refractivity contribution < 1.29 is 9.59 Å². The maximum Gasteiger partial charge on any atom is 0.252 e. The summed E-state index contributed by atoms with van der Waals surface area (Å²) in [6.07, 6.45) is 0. The number of para-hydroxylation sites is 1. The molecule has 0 saturated heterocycles. The van der Waals surface area contributed by atoms with E-state index in [2.05, 4.69) is 10.3 Å². The van der Waals surface area contributed by atoms with Gasteiger partial charge in [-0.15, -0.1) is 34.4 Å². The van der Waals surface area contributed by atoms with Gasteiger partial charge in [0, 0.05) is 16.2 Å². The summed E-state index contributed by atoms with van der Waals surface area (Å²) < 4.78 is 1.14. The van der Waals surface area contributed by atoms with E-state index in [1.807, 2.05) is 61.5 Å². The second kappa shape index (κ2) is 8.99. The normalized spacial score (nSPS) is 11.0. The van der Waals surface area contributed by atoms with Gasteiger partial charge in [0.1, 0.15) is 10.0 Å². The van der Waals surface area contributed by atoms with Crippen molar-refractivity contribution in [2.75, 3.05) is 11.1 Å². The number of fused-ring (bicyclic) bond motifs is 1. The van der Waals surface area contributed by atoms with Gasteiger partial charge in [0.05, 0.1) is 21.5 Å². The third kappa shape index (κ3) is 4.40. The highest BCUT2D eigenvalue weighted by molar-refractivity contribution is 7.99. The number of primary amides is 1. The number of thiazole rings is 1. The minimum Gasteiger partial charge on any atom is -0.365 e. The van der Waals surface area contributed by atoms with E-state index in [9.17, 15) is 9.59 Å². The number of nitrogens with zero attached hydrogens (tertiary/aromatic N) is 1. The molecule has 0 radical (unpaired) electrons. The lowest BCUT2D eigenvalue weighted by atomic mass is 10.0. The molecule has 0 atom stereocenters. The Kier molecular flexibility index (Phi) is 6.17. The molecule has 0 bridgehead atoms. The number of hydrogen-bond donors (Lipinski definition) is 2. The maximum absolute atomic E-state index is 12.5. The van der Waals surface area contributed by atoms with E-state index in [0.29, 0.717) is 16.3 Å². The van der Waals surface area contributed by atoms with Gasteiger partial charge in [0.25, 0.3) is 5.91 Å². The number of benzene rings is 2. The number of anilines is 1. The molecule has 2 aromatic carbocycles. The Labute approximate surface area is 186 Å². The van der Waals surface area contributed by atoms with E-state index in [1.165, 1.54) is 23.1 Å².